The van der Waals surface area contributed by atoms with E-state index in [-0.39, 0.29) is 5.56 Å². The second-order valence-electron chi connectivity index (χ2n) is 4.51. The first-order valence-electron chi connectivity index (χ1n) is 5.52. The first kappa shape index (κ1) is 11.2. The van der Waals surface area contributed by atoms with Crippen LogP contribution in [-0.2, 0) is 0 Å². The highest BCUT2D eigenvalue weighted by Crippen LogP contribution is 2.34. The van der Waals surface area contributed by atoms with Gasteiger partial charge in [0.2, 0.25) is 0 Å². The normalized spacial score (nSPS) is 15.4. The summed E-state index contributed by atoms with van der Waals surface area (Å²) >= 11 is 8.73. The summed E-state index contributed by atoms with van der Waals surface area (Å²) in [5, 5.41) is 0.706. The van der Waals surface area contributed by atoms with E-state index in [0.717, 1.165) is 28.4 Å². The van der Waals surface area contributed by atoms with Crippen LogP contribution in [-0.4, -0.2) is 9.55 Å². The SMILES string of the molecule is Cc1cc(Br)c2[nH]c(=S)n(C3CC3)c(=O)c2c1. The lowest BCUT2D eigenvalue weighted by atomic mass is 10.2. The molecule has 3 nitrogen and oxygen atoms in total. The first-order chi connectivity index (χ1) is 8.08. The third kappa shape index (κ3) is 1.77. The number of fused-ring (bicyclic) bond motifs is 1. The average molecular weight is 311 g/mol. The minimum Gasteiger partial charge on any atom is -0.331 e. The summed E-state index contributed by atoms with van der Waals surface area (Å²) in [6, 6.07) is 4.19. The Balaban J connectivity index is 2.49. The maximum Gasteiger partial charge on any atom is 0.262 e. The van der Waals surface area contributed by atoms with E-state index in [9.17, 15) is 4.79 Å². The minimum atomic E-state index is 0.0238. The smallest absolute Gasteiger partial charge is 0.262 e. The third-order valence-electron chi connectivity index (χ3n) is 3.05. The van der Waals surface area contributed by atoms with Gasteiger partial charge in [-0.25, -0.2) is 0 Å². The number of aromatic nitrogens is 2. The summed E-state index contributed by atoms with van der Waals surface area (Å²) in [5.41, 5.74) is 1.88. The Hall–Kier alpha value is -0.940. The van der Waals surface area contributed by atoms with E-state index in [2.05, 4.69) is 20.9 Å². The average Bonchev–Trinajstić information content (AvgIpc) is 3.04. The Morgan fingerprint density at radius 3 is 2.82 bits per heavy atom. The Bertz CT molecular complexity index is 728. The largest absolute Gasteiger partial charge is 0.331 e. The van der Waals surface area contributed by atoms with Gasteiger partial charge in [0.15, 0.2) is 4.77 Å². The minimum absolute atomic E-state index is 0.0238. The molecule has 0 spiro atoms. The van der Waals surface area contributed by atoms with Crippen LogP contribution in [0.1, 0.15) is 24.4 Å². The zero-order valence-electron chi connectivity index (χ0n) is 9.29. The number of hydrogen-bond acceptors (Lipinski definition) is 2. The van der Waals surface area contributed by atoms with Crippen molar-refractivity contribution in [1.82, 2.24) is 9.55 Å². The number of benzene rings is 1. The van der Waals surface area contributed by atoms with Crippen molar-refractivity contribution in [1.29, 1.82) is 0 Å². The molecule has 1 N–H and O–H groups in total. The lowest BCUT2D eigenvalue weighted by Gasteiger charge is -2.08. The number of hydrogen-bond donors (Lipinski definition) is 1. The Morgan fingerprint density at radius 1 is 1.47 bits per heavy atom. The van der Waals surface area contributed by atoms with Crippen LogP contribution < -0.4 is 5.56 Å². The number of aromatic amines is 1. The van der Waals surface area contributed by atoms with Gasteiger partial charge in [0.25, 0.3) is 5.56 Å². The van der Waals surface area contributed by atoms with E-state index in [1.54, 1.807) is 4.57 Å². The van der Waals surface area contributed by atoms with Gasteiger partial charge in [0.05, 0.1) is 10.9 Å². The molecule has 17 heavy (non-hydrogen) atoms. The number of nitrogens with zero attached hydrogens (tertiary/aromatic N) is 1. The van der Waals surface area contributed by atoms with Crippen LogP contribution in [0.25, 0.3) is 10.9 Å². The summed E-state index contributed by atoms with van der Waals surface area (Å²) in [6.07, 6.45) is 2.10. The molecule has 0 radical (unpaired) electrons. The van der Waals surface area contributed by atoms with Gasteiger partial charge in [-0.2, -0.15) is 0 Å². The molecule has 0 saturated heterocycles. The molecule has 88 valence electrons. The van der Waals surface area contributed by atoms with Crippen molar-refractivity contribution in [2.24, 2.45) is 0 Å². The number of aryl methyl sites for hydroxylation is 1. The molecule has 0 aliphatic heterocycles. The zero-order chi connectivity index (χ0) is 12.2. The van der Waals surface area contributed by atoms with Crippen molar-refractivity contribution >= 4 is 39.1 Å². The highest BCUT2D eigenvalue weighted by Gasteiger charge is 2.26. The van der Waals surface area contributed by atoms with Crippen molar-refractivity contribution < 1.29 is 0 Å². The predicted octanol–water partition coefficient (Wildman–Crippen LogP) is 3.46. The van der Waals surface area contributed by atoms with Gasteiger partial charge < -0.3 is 4.98 Å². The van der Waals surface area contributed by atoms with Crippen LogP contribution in [0.5, 0.6) is 0 Å². The maximum absolute atomic E-state index is 12.4. The van der Waals surface area contributed by atoms with Crippen LogP contribution in [0, 0.1) is 11.7 Å². The lowest BCUT2D eigenvalue weighted by Crippen LogP contribution is -2.21. The second kappa shape index (κ2) is 3.78. The van der Waals surface area contributed by atoms with Crippen LogP contribution in [0.3, 0.4) is 0 Å². The monoisotopic (exact) mass is 310 g/mol. The van der Waals surface area contributed by atoms with Gasteiger partial charge in [-0.15, -0.1) is 0 Å². The molecule has 0 amide bonds. The zero-order valence-corrected chi connectivity index (χ0v) is 11.7. The van der Waals surface area contributed by atoms with E-state index in [1.807, 2.05) is 19.1 Å². The number of nitrogens with one attached hydrogen (secondary N) is 1. The molecule has 1 saturated carbocycles. The van der Waals surface area contributed by atoms with Gasteiger partial charge >= 0.3 is 0 Å². The molecule has 1 aromatic carbocycles. The molecule has 0 atom stereocenters. The molecule has 3 rings (SSSR count). The summed E-state index contributed by atoms with van der Waals surface area (Å²) in [5.74, 6) is 0. The van der Waals surface area contributed by atoms with E-state index in [1.165, 1.54) is 0 Å². The predicted molar refractivity (Wildman–Crippen MR) is 74.1 cm³/mol. The molecule has 1 heterocycles. The Labute approximate surface area is 112 Å². The van der Waals surface area contributed by atoms with Crippen molar-refractivity contribution in [3.05, 3.63) is 37.3 Å². The summed E-state index contributed by atoms with van der Waals surface area (Å²) in [7, 11) is 0. The standard InChI is InChI=1S/C12H11BrN2OS/c1-6-4-8-10(9(13)5-6)14-12(17)15(11(8)16)7-2-3-7/h4-5,7H,2-3H2,1H3,(H,14,17). The molecular formula is C12H11BrN2OS. The van der Waals surface area contributed by atoms with Gasteiger partial charge in [0.1, 0.15) is 0 Å². The van der Waals surface area contributed by atoms with Crippen LogP contribution in [0.4, 0.5) is 0 Å². The number of halogens is 1. The van der Waals surface area contributed by atoms with Gasteiger partial charge in [-0.3, -0.25) is 9.36 Å². The molecule has 1 fully saturated rings. The van der Waals surface area contributed by atoms with Gasteiger partial charge in [-0.1, -0.05) is 0 Å². The fourth-order valence-electron chi connectivity index (χ4n) is 2.09. The molecule has 1 aromatic heterocycles. The molecule has 1 aliphatic rings. The van der Waals surface area contributed by atoms with Crippen molar-refractivity contribution in [2.45, 2.75) is 25.8 Å². The molecular weight excluding hydrogens is 300 g/mol. The second-order valence-corrected chi connectivity index (χ2v) is 5.75. The van der Waals surface area contributed by atoms with E-state index >= 15 is 0 Å². The summed E-state index contributed by atoms with van der Waals surface area (Å²) in [4.78, 5) is 15.5. The lowest BCUT2D eigenvalue weighted by molar-refractivity contribution is 0.685. The highest BCUT2D eigenvalue weighted by molar-refractivity contribution is 9.10. The summed E-state index contributed by atoms with van der Waals surface area (Å²) in [6.45, 7) is 1.98. The Morgan fingerprint density at radius 2 is 2.18 bits per heavy atom. The van der Waals surface area contributed by atoms with Crippen molar-refractivity contribution in [3.63, 3.8) is 0 Å². The first-order valence-corrected chi connectivity index (χ1v) is 6.73. The molecule has 1 aliphatic carbocycles. The van der Waals surface area contributed by atoms with Crippen molar-refractivity contribution in [2.75, 3.05) is 0 Å². The van der Waals surface area contributed by atoms with E-state index < -0.39 is 0 Å². The molecule has 5 heteroatoms. The number of rotatable bonds is 1. The van der Waals surface area contributed by atoms with Crippen LogP contribution in [0.15, 0.2) is 21.4 Å². The Kier molecular flexibility index (Phi) is 2.48. The third-order valence-corrected chi connectivity index (χ3v) is 3.97. The fraction of sp³-hybridized carbons (Fsp3) is 0.333. The molecule has 0 bridgehead atoms. The number of H-pyrrole nitrogens is 1. The van der Waals surface area contributed by atoms with E-state index in [4.69, 9.17) is 12.2 Å². The fourth-order valence-corrected chi connectivity index (χ4v) is 3.10. The molecule has 2 aromatic rings. The molecule has 0 unspecified atom stereocenters. The topological polar surface area (TPSA) is 37.8 Å². The van der Waals surface area contributed by atoms with E-state index in [0.29, 0.717) is 16.2 Å². The summed E-state index contributed by atoms with van der Waals surface area (Å²) < 4.78 is 3.12. The maximum atomic E-state index is 12.4. The quantitative estimate of drug-likeness (QED) is 0.819. The van der Waals surface area contributed by atoms with Crippen molar-refractivity contribution in [3.8, 4) is 0 Å². The van der Waals surface area contributed by atoms with Crippen LogP contribution in [0.2, 0.25) is 0 Å². The van der Waals surface area contributed by atoms with Gasteiger partial charge in [-0.05, 0) is 65.6 Å². The van der Waals surface area contributed by atoms with Gasteiger partial charge in [0, 0.05) is 10.5 Å². The highest BCUT2D eigenvalue weighted by atomic mass is 79.9. The van der Waals surface area contributed by atoms with Crippen LogP contribution >= 0.6 is 28.1 Å².